The fourth-order valence-electron chi connectivity index (χ4n) is 0. The normalized spacial score (nSPS) is 1.75. The molecule has 4 heteroatoms. The molecule has 4 N–H and O–H groups in total. The molecule has 0 amide bonds. The Labute approximate surface area is 40.9 Å². The summed E-state index contributed by atoms with van der Waals surface area (Å²) in [6.45, 7) is 0. The molecule has 32 valence electrons. The van der Waals surface area contributed by atoms with Gasteiger partial charge in [0, 0.05) is 0 Å². The van der Waals surface area contributed by atoms with E-state index in [2.05, 4.69) is 9.42 Å². The van der Waals surface area contributed by atoms with Gasteiger partial charge in [0.05, 0.1) is 0 Å². The van der Waals surface area contributed by atoms with Crippen LogP contribution in [0.5, 0.6) is 0 Å². The Hall–Kier alpha value is 0.898. The van der Waals surface area contributed by atoms with Gasteiger partial charge < -0.3 is 12.3 Å². The molecule has 0 unspecified atom stereocenters. The Balaban J connectivity index is -0.00000000500. The van der Waals surface area contributed by atoms with Crippen molar-refractivity contribution in [1.29, 1.82) is 0 Å². The van der Waals surface area contributed by atoms with Crippen LogP contribution in [0.15, 0.2) is 0 Å². The predicted molar refractivity (Wildman–Crippen MR) is 16.4 cm³/mol. The van der Waals surface area contributed by atoms with Crippen LogP contribution in [-0.4, -0.2) is 0 Å². The molecule has 2 nitrogen and oxygen atoms in total. The molecule has 0 aromatic heterocycles. The molecule has 0 spiro atoms. The van der Waals surface area contributed by atoms with Crippen molar-refractivity contribution < 1.29 is 18.8 Å². The van der Waals surface area contributed by atoms with Crippen LogP contribution in [-0.2, 0) is 18.8 Å². The first kappa shape index (κ1) is 20.7. The first-order chi connectivity index (χ1) is 1.00. The fourth-order valence-corrected chi connectivity index (χ4v) is 0. The van der Waals surface area contributed by atoms with Crippen LogP contribution in [0, 0.1) is 0 Å². The van der Waals surface area contributed by atoms with Crippen molar-refractivity contribution >= 4 is 9.42 Å². The summed E-state index contributed by atoms with van der Waals surface area (Å²) in [4.78, 5) is 0. The smallest absolute Gasteiger partial charge is 0.693 e. The van der Waals surface area contributed by atoms with Gasteiger partial charge in [-0.1, -0.05) is 0 Å². The summed E-state index contributed by atoms with van der Waals surface area (Å²) in [7, 11) is 4.61. The maximum absolute atomic E-state index is 4.61. The second kappa shape index (κ2) is 40.6. The Kier molecular flexibility index (Phi) is 210. The van der Waals surface area contributed by atoms with Gasteiger partial charge in [-0.3, -0.25) is 0 Å². The number of halogens is 1. The molecule has 0 aromatic carbocycles. The van der Waals surface area contributed by atoms with Crippen molar-refractivity contribution in [1.82, 2.24) is 0 Å². The molecule has 0 rings (SSSR count). The molecule has 0 saturated heterocycles. The molecule has 0 aromatic rings. The third kappa shape index (κ3) is 12.9. The van der Waals surface area contributed by atoms with Crippen LogP contribution < -0.4 is 0 Å². The fraction of sp³-hybridized carbons (Fsp3) is 0. The van der Waals surface area contributed by atoms with Gasteiger partial charge in [0.25, 0.3) is 0 Å². The first-order valence-electron chi connectivity index (χ1n) is 0.120. The maximum Gasteiger partial charge on any atom is -0.693 e. The Morgan fingerprint density at radius 1 is 1.00 bits per heavy atom. The zero-order valence-corrected chi connectivity index (χ0v) is 4.88. The molecule has 0 saturated carbocycles. The Morgan fingerprint density at radius 2 is 1.00 bits per heavy atom. The Bertz CT molecular complexity index is 6.00. The second-order valence-electron chi connectivity index (χ2n) is 0. The van der Waals surface area contributed by atoms with E-state index in [1.54, 1.807) is 18.8 Å². The summed E-state index contributed by atoms with van der Waals surface area (Å²) in [6, 6.07) is 0. The molecule has 0 aliphatic rings. The van der Waals surface area contributed by atoms with Gasteiger partial charge in [-0.25, -0.2) is 0 Å². The van der Waals surface area contributed by atoms with E-state index >= 15 is 0 Å². The minimum absolute atomic E-state index is 0. The standard InChI is InChI=1S/ClH.2H2N.Pt/h1H;2*1H2;/q;2*-1;+2/p-1. The van der Waals surface area contributed by atoms with E-state index in [0.717, 1.165) is 0 Å². The van der Waals surface area contributed by atoms with Crippen LogP contribution in [0.25, 0.3) is 12.3 Å². The molecule has 0 bridgehead atoms. The van der Waals surface area contributed by atoms with Gasteiger partial charge in [-0.15, -0.1) is 0 Å². The monoisotopic (exact) mass is 262 g/mol. The molecular formula is H4ClN2Pt-. The molecule has 4 heavy (non-hydrogen) atoms. The molecule has 0 atom stereocenters. The second-order valence-corrected chi connectivity index (χ2v) is 0. The summed E-state index contributed by atoms with van der Waals surface area (Å²) in [5.74, 6) is 0. The van der Waals surface area contributed by atoms with E-state index in [-0.39, 0.29) is 12.3 Å². The average Bonchev–Trinajstić information content (AvgIpc) is 1.00. The Morgan fingerprint density at radius 3 is 1.00 bits per heavy atom. The number of nitrogens with two attached hydrogens (primary N) is 2. The van der Waals surface area contributed by atoms with Crippen molar-refractivity contribution in [3.05, 3.63) is 12.3 Å². The molecule has 0 fully saturated rings. The molecule has 0 heterocycles. The van der Waals surface area contributed by atoms with E-state index in [9.17, 15) is 0 Å². The summed E-state index contributed by atoms with van der Waals surface area (Å²) < 4.78 is 0. The zero-order chi connectivity index (χ0) is 2.00. The van der Waals surface area contributed by atoms with Gasteiger partial charge in [-0.2, -0.15) is 0 Å². The average molecular weight is 263 g/mol. The summed E-state index contributed by atoms with van der Waals surface area (Å²) in [5.41, 5.74) is 0. The van der Waals surface area contributed by atoms with Gasteiger partial charge >= 0.3 is 28.2 Å². The summed E-state index contributed by atoms with van der Waals surface area (Å²) >= 11 is 1.61. The van der Waals surface area contributed by atoms with Crippen molar-refractivity contribution in [3.63, 3.8) is 0 Å². The predicted octanol–water partition coefficient (Wildman–Crippen LogP) is 2.12. The van der Waals surface area contributed by atoms with E-state index < -0.39 is 0 Å². The number of hydrogen-bond acceptors (Lipinski definition) is 0. The van der Waals surface area contributed by atoms with Crippen LogP contribution >= 0.6 is 9.42 Å². The van der Waals surface area contributed by atoms with Gasteiger partial charge in [0.2, 0.25) is 0 Å². The minimum Gasteiger partial charge on any atom is -0.693 e. The van der Waals surface area contributed by atoms with Crippen LogP contribution in [0.1, 0.15) is 0 Å². The topological polar surface area (TPSA) is 67.0 Å². The summed E-state index contributed by atoms with van der Waals surface area (Å²) in [6.07, 6.45) is 0. The molecule has 0 radical (unpaired) electrons. The SMILES string of the molecule is [Cl][Pt+].[NH2-].[NH2-]. The van der Waals surface area contributed by atoms with Gasteiger partial charge in [0.1, 0.15) is 0 Å². The van der Waals surface area contributed by atoms with E-state index in [1.165, 1.54) is 0 Å². The van der Waals surface area contributed by atoms with Crippen molar-refractivity contribution in [3.8, 4) is 0 Å². The number of hydrogen-bond donors (Lipinski definition) is 0. The minimum atomic E-state index is 0. The van der Waals surface area contributed by atoms with E-state index in [0.29, 0.717) is 0 Å². The van der Waals surface area contributed by atoms with Crippen molar-refractivity contribution in [2.45, 2.75) is 0 Å². The quantitative estimate of drug-likeness (QED) is 0.642. The third-order valence-electron chi connectivity index (χ3n) is 0. The number of rotatable bonds is 0. The molecule has 0 aliphatic heterocycles. The van der Waals surface area contributed by atoms with Gasteiger partial charge in [-0.05, 0) is 0 Å². The van der Waals surface area contributed by atoms with Gasteiger partial charge in [0.15, 0.2) is 0 Å². The molecular weight excluding hydrogens is 259 g/mol. The molecule has 0 aliphatic carbocycles. The van der Waals surface area contributed by atoms with Crippen LogP contribution in [0.2, 0.25) is 0 Å². The van der Waals surface area contributed by atoms with E-state index in [1.807, 2.05) is 0 Å². The van der Waals surface area contributed by atoms with E-state index in [4.69, 9.17) is 0 Å². The largest absolute Gasteiger partial charge is 0.693 e. The van der Waals surface area contributed by atoms with Crippen LogP contribution in [0.3, 0.4) is 0 Å². The van der Waals surface area contributed by atoms with Crippen molar-refractivity contribution in [2.75, 3.05) is 0 Å². The first-order valence-corrected chi connectivity index (χ1v) is 2.94. The van der Waals surface area contributed by atoms with Crippen LogP contribution in [0.4, 0.5) is 0 Å². The van der Waals surface area contributed by atoms with Crippen molar-refractivity contribution in [2.24, 2.45) is 0 Å². The maximum atomic E-state index is 4.61. The zero-order valence-electron chi connectivity index (χ0n) is 1.85. The third-order valence-corrected chi connectivity index (χ3v) is 0. The summed E-state index contributed by atoms with van der Waals surface area (Å²) in [5, 5.41) is 0.